The predicted molar refractivity (Wildman–Crippen MR) is 76.1 cm³/mol. The third kappa shape index (κ3) is 3.19. The normalized spacial score (nSPS) is 16.7. The van der Waals surface area contributed by atoms with E-state index in [1.54, 1.807) is 6.21 Å². The Bertz CT molecular complexity index is 463. The molecule has 1 aromatic rings. The minimum absolute atomic E-state index is 0.0208. The van der Waals surface area contributed by atoms with Gasteiger partial charge >= 0.3 is 0 Å². The Morgan fingerprint density at radius 2 is 2.28 bits per heavy atom. The van der Waals surface area contributed by atoms with Crippen LogP contribution in [0.1, 0.15) is 31.4 Å². The van der Waals surface area contributed by atoms with Crippen LogP contribution in [0.25, 0.3) is 0 Å². The lowest BCUT2D eigenvalue weighted by molar-refractivity contribution is 0.288. The molecular weight excluding hydrogens is 270 g/mol. The van der Waals surface area contributed by atoms with Gasteiger partial charge in [0, 0.05) is 16.1 Å². The average molecular weight is 286 g/mol. The second kappa shape index (κ2) is 5.95. The monoisotopic (exact) mass is 285 g/mol. The highest BCUT2D eigenvalue weighted by Gasteiger charge is 2.16. The highest BCUT2D eigenvalue weighted by atomic mass is 35.5. The molecule has 1 aliphatic rings. The van der Waals surface area contributed by atoms with Crippen molar-refractivity contribution in [3.63, 3.8) is 0 Å². The van der Waals surface area contributed by atoms with Crippen molar-refractivity contribution in [2.45, 2.75) is 31.9 Å². The van der Waals surface area contributed by atoms with Gasteiger partial charge in [0.1, 0.15) is 11.0 Å². The molecule has 1 heterocycles. The summed E-state index contributed by atoms with van der Waals surface area (Å²) in [7, 11) is 0. The van der Waals surface area contributed by atoms with Gasteiger partial charge in [-0.2, -0.15) is 0 Å². The van der Waals surface area contributed by atoms with Crippen LogP contribution < -0.4 is 4.74 Å². The van der Waals surface area contributed by atoms with E-state index in [-0.39, 0.29) is 5.25 Å². The standard InChI is InChI=1S/C13H16ClNO2S/c1-9(2)18(16)15-8-10-6-11(14)7-13-12(10)4-3-5-17-13/h6-9H,3-5H2,1-2H3/b15-8+. The van der Waals surface area contributed by atoms with E-state index in [0.717, 1.165) is 36.3 Å². The van der Waals surface area contributed by atoms with Crippen LogP contribution in [0.4, 0.5) is 0 Å². The van der Waals surface area contributed by atoms with Crippen molar-refractivity contribution in [1.82, 2.24) is 0 Å². The van der Waals surface area contributed by atoms with Gasteiger partial charge in [-0.05, 0) is 38.8 Å². The fraction of sp³-hybridized carbons (Fsp3) is 0.462. The largest absolute Gasteiger partial charge is 0.591 e. The van der Waals surface area contributed by atoms with Crippen molar-refractivity contribution < 1.29 is 9.29 Å². The first-order valence-corrected chi connectivity index (χ1v) is 7.52. The van der Waals surface area contributed by atoms with E-state index >= 15 is 0 Å². The summed E-state index contributed by atoms with van der Waals surface area (Å²) in [5, 5.41) is 0.639. The number of fused-ring (bicyclic) bond motifs is 1. The van der Waals surface area contributed by atoms with Crippen molar-refractivity contribution in [3.8, 4) is 5.75 Å². The molecule has 5 heteroatoms. The molecule has 0 amide bonds. The van der Waals surface area contributed by atoms with E-state index in [1.807, 2.05) is 26.0 Å². The lowest BCUT2D eigenvalue weighted by Gasteiger charge is -2.19. The summed E-state index contributed by atoms with van der Waals surface area (Å²) in [5.74, 6) is 0.825. The minimum atomic E-state index is -1.19. The minimum Gasteiger partial charge on any atom is -0.591 e. The third-order valence-electron chi connectivity index (χ3n) is 2.74. The smallest absolute Gasteiger partial charge is 0.137 e. The Balaban J connectivity index is 2.29. The van der Waals surface area contributed by atoms with Crippen LogP contribution in [0, 0.1) is 0 Å². The Morgan fingerprint density at radius 3 is 3.00 bits per heavy atom. The molecule has 0 spiro atoms. The molecule has 1 atom stereocenters. The van der Waals surface area contributed by atoms with Crippen LogP contribution >= 0.6 is 11.6 Å². The molecule has 1 aromatic carbocycles. The topological polar surface area (TPSA) is 44.7 Å². The first kappa shape index (κ1) is 13.7. The summed E-state index contributed by atoms with van der Waals surface area (Å²) in [6.07, 6.45) is 3.58. The van der Waals surface area contributed by atoms with Crippen molar-refractivity contribution >= 4 is 29.2 Å². The van der Waals surface area contributed by atoms with Gasteiger partial charge in [0.25, 0.3) is 0 Å². The lowest BCUT2D eigenvalue weighted by Crippen LogP contribution is -2.13. The van der Waals surface area contributed by atoms with Crippen LogP contribution in [0.5, 0.6) is 5.75 Å². The first-order chi connectivity index (χ1) is 8.58. The van der Waals surface area contributed by atoms with Crippen LogP contribution in [0.15, 0.2) is 16.5 Å². The van der Waals surface area contributed by atoms with Crippen LogP contribution in [0.2, 0.25) is 5.02 Å². The summed E-state index contributed by atoms with van der Waals surface area (Å²) >= 11 is 4.85. The summed E-state index contributed by atoms with van der Waals surface area (Å²) in [5.41, 5.74) is 2.02. The van der Waals surface area contributed by atoms with Crippen molar-refractivity contribution in [2.24, 2.45) is 4.40 Å². The second-order valence-electron chi connectivity index (χ2n) is 4.48. The number of halogens is 1. The Hall–Kier alpha value is -0.710. The zero-order valence-electron chi connectivity index (χ0n) is 10.5. The summed E-state index contributed by atoms with van der Waals surface area (Å²) < 4.78 is 21.3. The molecule has 1 aliphatic heterocycles. The van der Waals surface area contributed by atoms with E-state index in [4.69, 9.17) is 16.3 Å². The summed E-state index contributed by atoms with van der Waals surface area (Å²) in [4.78, 5) is 0. The van der Waals surface area contributed by atoms with Gasteiger partial charge in [0.15, 0.2) is 0 Å². The number of nitrogens with zero attached hydrogens (tertiary/aromatic N) is 1. The Labute approximate surface area is 116 Å². The number of rotatable bonds is 3. The maximum atomic E-state index is 11.6. The second-order valence-corrected chi connectivity index (χ2v) is 6.63. The van der Waals surface area contributed by atoms with E-state index in [1.165, 1.54) is 0 Å². The number of benzene rings is 1. The fourth-order valence-corrected chi connectivity index (χ4v) is 2.48. The maximum absolute atomic E-state index is 11.6. The molecule has 0 saturated carbocycles. The Kier molecular flexibility index (Phi) is 4.54. The summed E-state index contributed by atoms with van der Waals surface area (Å²) in [6, 6.07) is 3.67. The number of hydrogen-bond donors (Lipinski definition) is 0. The van der Waals surface area contributed by atoms with Gasteiger partial charge in [0.2, 0.25) is 0 Å². The van der Waals surface area contributed by atoms with Crippen molar-refractivity contribution in [3.05, 3.63) is 28.3 Å². The van der Waals surface area contributed by atoms with Gasteiger partial charge in [-0.15, -0.1) is 0 Å². The highest BCUT2D eigenvalue weighted by Crippen LogP contribution is 2.30. The number of ether oxygens (including phenoxy) is 1. The van der Waals surface area contributed by atoms with Crippen LogP contribution in [0.3, 0.4) is 0 Å². The fourth-order valence-electron chi connectivity index (χ4n) is 1.80. The molecule has 0 bridgehead atoms. The van der Waals surface area contributed by atoms with E-state index in [9.17, 15) is 4.55 Å². The SMILES string of the molecule is CC(C)[S+]([O-])/N=C/c1cc(Cl)cc2c1CCCO2. The molecule has 1 unspecified atom stereocenters. The maximum Gasteiger partial charge on any atom is 0.137 e. The highest BCUT2D eigenvalue weighted by molar-refractivity contribution is 7.90. The molecule has 98 valence electrons. The molecular formula is C13H16ClNO2S. The van der Waals surface area contributed by atoms with Crippen LogP contribution in [-0.2, 0) is 17.8 Å². The molecule has 3 nitrogen and oxygen atoms in total. The van der Waals surface area contributed by atoms with Crippen LogP contribution in [-0.4, -0.2) is 22.6 Å². The average Bonchev–Trinajstić information content (AvgIpc) is 2.35. The number of hydrogen-bond acceptors (Lipinski definition) is 3. The van der Waals surface area contributed by atoms with Crippen molar-refractivity contribution in [1.29, 1.82) is 0 Å². The van der Waals surface area contributed by atoms with Gasteiger partial charge in [0.05, 0.1) is 24.2 Å². The molecule has 2 rings (SSSR count). The van der Waals surface area contributed by atoms with E-state index in [2.05, 4.69) is 4.40 Å². The summed E-state index contributed by atoms with van der Waals surface area (Å²) in [6.45, 7) is 4.48. The van der Waals surface area contributed by atoms with Gasteiger partial charge in [-0.25, -0.2) is 0 Å². The first-order valence-electron chi connectivity index (χ1n) is 5.98. The van der Waals surface area contributed by atoms with E-state index < -0.39 is 11.4 Å². The van der Waals surface area contributed by atoms with Gasteiger partial charge in [-0.3, -0.25) is 0 Å². The molecule has 0 aromatic heterocycles. The lowest BCUT2D eigenvalue weighted by atomic mass is 10.0. The van der Waals surface area contributed by atoms with Crippen molar-refractivity contribution in [2.75, 3.05) is 6.61 Å². The third-order valence-corrected chi connectivity index (χ3v) is 4.07. The predicted octanol–water partition coefficient (Wildman–Crippen LogP) is 3.16. The zero-order chi connectivity index (χ0) is 13.1. The zero-order valence-corrected chi connectivity index (χ0v) is 12.1. The Morgan fingerprint density at radius 1 is 1.50 bits per heavy atom. The van der Waals surface area contributed by atoms with Gasteiger partial charge in [-0.1, -0.05) is 16.0 Å². The van der Waals surface area contributed by atoms with E-state index in [0.29, 0.717) is 5.02 Å². The quantitative estimate of drug-likeness (QED) is 0.632. The molecule has 0 aliphatic carbocycles. The van der Waals surface area contributed by atoms with Gasteiger partial charge < -0.3 is 9.29 Å². The molecule has 0 fully saturated rings. The molecule has 0 radical (unpaired) electrons. The molecule has 0 saturated heterocycles. The molecule has 0 N–H and O–H groups in total. The molecule has 18 heavy (non-hydrogen) atoms.